The first kappa shape index (κ1) is 25.7. The first-order chi connectivity index (χ1) is 17.6. The van der Waals surface area contributed by atoms with Crippen molar-refractivity contribution in [3.8, 4) is 23.1 Å². The monoisotopic (exact) mass is 536 g/mol. The molecule has 192 valence electrons. The fourth-order valence-corrected chi connectivity index (χ4v) is 3.41. The molecule has 0 saturated carbocycles. The van der Waals surface area contributed by atoms with Gasteiger partial charge in [0, 0.05) is 30.2 Å². The third kappa shape index (κ3) is 5.40. The van der Waals surface area contributed by atoms with Crippen LogP contribution in [0.4, 0.5) is 29.1 Å². The van der Waals surface area contributed by atoms with Gasteiger partial charge in [-0.1, -0.05) is 11.6 Å². The number of anilines is 2. The Kier molecular flexibility index (Phi) is 7.16. The van der Waals surface area contributed by atoms with Gasteiger partial charge in [0.2, 0.25) is 0 Å². The van der Waals surface area contributed by atoms with Crippen LogP contribution in [0, 0.1) is 5.82 Å². The molecule has 0 aliphatic carbocycles. The number of halogens is 5. The van der Waals surface area contributed by atoms with Crippen LogP contribution in [-0.4, -0.2) is 32.3 Å². The smallest absolute Gasteiger partial charge is 0.434 e. The SMILES string of the molecule is CCOc1cccnc1-n1ncc(C(=O)Nc2ccc(Oc3ccnc(N)c3Cl)c(F)c2)c1C(F)(F)F. The van der Waals surface area contributed by atoms with Gasteiger partial charge < -0.3 is 20.5 Å². The quantitative estimate of drug-likeness (QED) is 0.299. The van der Waals surface area contributed by atoms with E-state index in [9.17, 15) is 22.4 Å². The molecule has 0 spiro atoms. The van der Waals surface area contributed by atoms with Crippen molar-refractivity contribution in [3.05, 3.63) is 77.1 Å². The maximum absolute atomic E-state index is 14.6. The number of carbonyl (C=O) groups is 1. The van der Waals surface area contributed by atoms with Crippen molar-refractivity contribution in [3.63, 3.8) is 0 Å². The number of ether oxygens (including phenoxy) is 2. The summed E-state index contributed by atoms with van der Waals surface area (Å²) in [5.41, 5.74) is 3.27. The van der Waals surface area contributed by atoms with Gasteiger partial charge >= 0.3 is 6.18 Å². The van der Waals surface area contributed by atoms with Crippen LogP contribution in [0.1, 0.15) is 23.0 Å². The first-order valence-electron chi connectivity index (χ1n) is 10.5. The number of nitrogen functional groups attached to an aromatic ring is 1. The van der Waals surface area contributed by atoms with Crippen LogP contribution in [0.2, 0.25) is 5.02 Å². The summed E-state index contributed by atoms with van der Waals surface area (Å²) in [6.07, 6.45) is -1.67. The van der Waals surface area contributed by atoms with Crippen LogP contribution in [0.3, 0.4) is 0 Å². The van der Waals surface area contributed by atoms with Gasteiger partial charge in [-0.25, -0.2) is 19.0 Å². The predicted molar refractivity (Wildman–Crippen MR) is 126 cm³/mol. The maximum Gasteiger partial charge on any atom is 0.434 e. The van der Waals surface area contributed by atoms with Gasteiger partial charge in [-0.3, -0.25) is 4.79 Å². The van der Waals surface area contributed by atoms with Crippen molar-refractivity contribution < 1.29 is 31.8 Å². The van der Waals surface area contributed by atoms with Gasteiger partial charge in [-0.15, -0.1) is 0 Å². The van der Waals surface area contributed by atoms with Gasteiger partial charge in [-0.05, 0) is 31.2 Å². The van der Waals surface area contributed by atoms with Crippen LogP contribution in [0.15, 0.2) is 55.0 Å². The average molecular weight is 537 g/mol. The van der Waals surface area contributed by atoms with Crippen molar-refractivity contribution in [2.75, 3.05) is 17.7 Å². The Labute approximate surface area is 211 Å². The molecule has 0 aliphatic heterocycles. The number of alkyl halides is 3. The molecule has 3 N–H and O–H groups in total. The molecule has 3 heterocycles. The Balaban J connectivity index is 1.62. The zero-order valence-corrected chi connectivity index (χ0v) is 19.6. The van der Waals surface area contributed by atoms with E-state index in [0.29, 0.717) is 4.68 Å². The van der Waals surface area contributed by atoms with Gasteiger partial charge in [0.15, 0.2) is 34.6 Å². The lowest BCUT2D eigenvalue weighted by Gasteiger charge is -2.15. The molecule has 1 aromatic carbocycles. The highest BCUT2D eigenvalue weighted by Gasteiger charge is 2.41. The molecule has 0 radical (unpaired) electrons. The van der Waals surface area contributed by atoms with E-state index in [-0.39, 0.29) is 46.2 Å². The summed E-state index contributed by atoms with van der Waals surface area (Å²) < 4.78 is 67.9. The number of nitrogens with two attached hydrogens (primary N) is 1. The van der Waals surface area contributed by atoms with Crippen LogP contribution in [0.5, 0.6) is 17.2 Å². The fraction of sp³-hybridized carbons (Fsp3) is 0.130. The van der Waals surface area contributed by atoms with Gasteiger partial charge in [0.25, 0.3) is 5.91 Å². The molecule has 1 amide bonds. The van der Waals surface area contributed by atoms with Crippen molar-refractivity contribution in [2.24, 2.45) is 0 Å². The second-order valence-corrected chi connectivity index (χ2v) is 7.66. The highest BCUT2D eigenvalue weighted by atomic mass is 35.5. The molecule has 0 saturated heterocycles. The van der Waals surface area contributed by atoms with E-state index in [4.69, 9.17) is 26.8 Å². The van der Waals surface area contributed by atoms with E-state index in [1.54, 1.807) is 6.92 Å². The number of nitrogens with one attached hydrogen (secondary N) is 1. The standard InChI is InChI=1S/C23H17ClF4N6O3/c1-2-36-17-4-3-8-31-21(17)34-19(23(26,27)28)13(11-32-34)22(35)33-12-5-6-15(14(25)10-12)37-16-7-9-30-20(29)18(16)24/h3-11H,2H2,1H3,(H2,29,30)(H,33,35). The Morgan fingerprint density at radius 3 is 2.62 bits per heavy atom. The third-order valence-corrected chi connectivity index (χ3v) is 5.20. The Bertz CT molecular complexity index is 1460. The minimum Gasteiger partial charge on any atom is -0.490 e. The zero-order chi connectivity index (χ0) is 26.7. The van der Waals surface area contributed by atoms with Crippen molar-refractivity contribution in [1.82, 2.24) is 19.7 Å². The number of amides is 1. The van der Waals surface area contributed by atoms with Crippen molar-refractivity contribution in [1.29, 1.82) is 0 Å². The molecule has 0 atom stereocenters. The molecule has 9 nitrogen and oxygen atoms in total. The fourth-order valence-electron chi connectivity index (χ4n) is 3.26. The second-order valence-electron chi connectivity index (χ2n) is 7.28. The van der Waals surface area contributed by atoms with E-state index < -0.39 is 29.2 Å². The molecule has 0 bridgehead atoms. The molecule has 0 aliphatic rings. The van der Waals surface area contributed by atoms with Crippen LogP contribution >= 0.6 is 11.6 Å². The van der Waals surface area contributed by atoms with Crippen LogP contribution in [-0.2, 0) is 6.18 Å². The minimum atomic E-state index is -4.99. The Morgan fingerprint density at radius 1 is 1.14 bits per heavy atom. The number of rotatable bonds is 7. The summed E-state index contributed by atoms with van der Waals surface area (Å²) in [5, 5.41) is 5.92. The van der Waals surface area contributed by atoms with Crippen LogP contribution < -0.4 is 20.5 Å². The third-order valence-electron chi connectivity index (χ3n) is 4.82. The topological polar surface area (TPSA) is 117 Å². The molecule has 37 heavy (non-hydrogen) atoms. The first-order valence-corrected chi connectivity index (χ1v) is 10.9. The van der Waals surface area contributed by atoms with E-state index in [0.717, 1.165) is 18.3 Å². The van der Waals surface area contributed by atoms with E-state index in [1.807, 2.05) is 0 Å². The van der Waals surface area contributed by atoms with E-state index >= 15 is 0 Å². The number of benzene rings is 1. The summed E-state index contributed by atoms with van der Waals surface area (Å²) in [6.45, 7) is 1.82. The number of nitrogens with zero attached hydrogens (tertiary/aromatic N) is 4. The summed E-state index contributed by atoms with van der Waals surface area (Å²) >= 11 is 5.98. The van der Waals surface area contributed by atoms with Gasteiger partial charge in [-0.2, -0.15) is 18.3 Å². The normalized spacial score (nSPS) is 11.3. The lowest BCUT2D eigenvalue weighted by Crippen LogP contribution is -2.21. The Hall–Kier alpha value is -4.39. The highest BCUT2D eigenvalue weighted by molar-refractivity contribution is 6.34. The van der Waals surface area contributed by atoms with E-state index in [2.05, 4.69) is 20.4 Å². The second kappa shape index (κ2) is 10.3. The lowest BCUT2D eigenvalue weighted by molar-refractivity contribution is -0.143. The van der Waals surface area contributed by atoms with Crippen LogP contribution in [0.25, 0.3) is 5.82 Å². The molecular formula is C23H17ClF4N6O3. The van der Waals surface area contributed by atoms with Crippen molar-refractivity contribution >= 4 is 29.0 Å². The summed E-state index contributed by atoms with van der Waals surface area (Å²) in [4.78, 5) is 20.5. The number of pyridine rings is 2. The maximum atomic E-state index is 14.6. The molecule has 4 rings (SSSR count). The highest BCUT2D eigenvalue weighted by Crippen LogP contribution is 2.36. The van der Waals surface area contributed by atoms with Gasteiger partial charge in [0.1, 0.15) is 10.8 Å². The molecule has 4 aromatic rings. The number of aromatic nitrogens is 4. The number of hydrogen-bond donors (Lipinski definition) is 2. The summed E-state index contributed by atoms with van der Waals surface area (Å²) in [5.74, 6) is -2.57. The zero-order valence-electron chi connectivity index (χ0n) is 18.9. The molecule has 14 heteroatoms. The molecule has 0 unspecified atom stereocenters. The molecule has 0 fully saturated rings. The summed E-state index contributed by atoms with van der Waals surface area (Å²) in [6, 6.07) is 7.54. The van der Waals surface area contributed by atoms with E-state index in [1.165, 1.54) is 36.7 Å². The largest absolute Gasteiger partial charge is 0.490 e. The van der Waals surface area contributed by atoms with Crippen molar-refractivity contribution in [2.45, 2.75) is 13.1 Å². The lowest BCUT2D eigenvalue weighted by atomic mass is 10.2. The molecule has 3 aromatic heterocycles. The number of carbonyl (C=O) groups excluding carboxylic acids is 1. The average Bonchev–Trinajstić information content (AvgIpc) is 3.30. The molecular weight excluding hydrogens is 520 g/mol. The summed E-state index contributed by atoms with van der Waals surface area (Å²) in [7, 11) is 0. The minimum absolute atomic E-state index is 0.0245. The predicted octanol–water partition coefficient (Wildman–Crippen LogP) is 5.50. The van der Waals surface area contributed by atoms with Gasteiger partial charge in [0.05, 0.1) is 18.4 Å². The Morgan fingerprint density at radius 2 is 1.92 bits per heavy atom. The number of hydrogen-bond acceptors (Lipinski definition) is 7.